The lowest BCUT2D eigenvalue weighted by molar-refractivity contribution is 0.247. The van der Waals surface area contributed by atoms with E-state index in [-0.39, 0.29) is 17.1 Å². The Morgan fingerprint density at radius 2 is 2.26 bits per heavy atom. The molecule has 0 bridgehead atoms. The highest BCUT2D eigenvalue weighted by Gasteiger charge is 2.21. The molecule has 1 atom stereocenters. The first kappa shape index (κ1) is 16.4. The maximum atomic E-state index is 10.7. The molecule has 0 aromatic carbocycles. The zero-order valence-corrected chi connectivity index (χ0v) is 14.0. The number of halogens is 1. The van der Waals surface area contributed by atoms with E-state index in [0.29, 0.717) is 17.3 Å². The molecular formula is C12H16ClN6O3S-. The van der Waals surface area contributed by atoms with Crippen molar-refractivity contribution in [2.24, 2.45) is 0 Å². The Labute approximate surface area is 140 Å². The van der Waals surface area contributed by atoms with Crippen molar-refractivity contribution in [1.82, 2.24) is 24.5 Å². The van der Waals surface area contributed by atoms with Crippen LogP contribution in [0.5, 0.6) is 5.75 Å². The van der Waals surface area contributed by atoms with E-state index in [4.69, 9.17) is 16.3 Å². The van der Waals surface area contributed by atoms with Crippen LogP contribution in [0.25, 0.3) is 5.65 Å². The molecule has 23 heavy (non-hydrogen) atoms. The Kier molecular flexibility index (Phi) is 4.95. The van der Waals surface area contributed by atoms with Crippen molar-refractivity contribution in [2.45, 2.75) is 18.9 Å². The SMILES string of the molecule is COc1c(Cl)ncn2nc(NC3CCN(CS(=O)[O-])CC3)nc12. The molecule has 0 radical (unpaired) electrons. The summed E-state index contributed by atoms with van der Waals surface area (Å²) in [6.07, 6.45) is 3.12. The predicted molar refractivity (Wildman–Crippen MR) is 84.3 cm³/mol. The highest BCUT2D eigenvalue weighted by atomic mass is 35.5. The molecule has 11 heteroatoms. The van der Waals surface area contributed by atoms with E-state index in [1.54, 1.807) is 0 Å². The van der Waals surface area contributed by atoms with Crippen LogP contribution in [0.3, 0.4) is 0 Å². The number of ether oxygens (including phenoxy) is 1. The second-order valence-corrected chi connectivity index (χ2v) is 6.47. The molecule has 3 heterocycles. The molecule has 1 fully saturated rings. The van der Waals surface area contributed by atoms with Crippen LogP contribution in [0.1, 0.15) is 12.8 Å². The molecule has 2 aromatic rings. The average Bonchev–Trinajstić information content (AvgIpc) is 2.91. The predicted octanol–water partition coefficient (Wildman–Crippen LogP) is 0.499. The topological polar surface area (TPSA) is 108 Å². The van der Waals surface area contributed by atoms with Crippen molar-refractivity contribution in [3.63, 3.8) is 0 Å². The zero-order valence-electron chi connectivity index (χ0n) is 12.4. The van der Waals surface area contributed by atoms with Gasteiger partial charge in [-0.2, -0.15) is 9.50 Å². The molecule has 2 aromatic heterocycles. The van der Waals surface area contributed by atoms with Crippen LogP contribution in [0.15, 0.2) is 6.33 Å². The summed E-state index contributed by atoms with van der Waals surface area (Å²) in [6.45, 7) is 1.44. The third-order valence-corrected chi connectivity index (χ3v) is 4.56. The van der Waals surface area contributed by atoms with Crippen LogP contribution in [-0.2, 0) is 11.1 Å². The van der Waals surface area contributed by atoms with Gasteiger partial charge in [0.15, 0.2) is 5.15 Å². The van der Waals surface area contributed by atoms with Gasteiger partial charge < -0.3 is 14.6 Å². The lowest BCUT2D eigenvalue weighted by atomic mass is 10.1. The number of likely N-dealkylation sites (tertiary alicyclic amines) is 1. The molecule has 9 nitrogen and oxygen atoms in total. The van der Waals surface area contributed by atoms with E-state index in [9.17, 15) is 8.76 Å². The molecule has 1 unspecified atom stereocenters. The fourth-order valence-corrected chi connectivity index (χ4v) is 3.35. The minimum Gasteiger partial charge on any atom is -0.771 e. The first-order valence-electron chi connectivity index (χ1n) is 7.06. The van der Waals surface area contributed by atoms with Gasteiger partial charge in [0.2, 0.25) is 17.3 Å². The quantitative estimate of drug-likeness (QED) is 0.607. The van der Waals surface area contributed by atoms with Gasteiger partial charge in [-0.3, -0.25) is 9.11 Å². The van der Waals surface area contributed by atoms with Crippen LogP contribution in [0, 0.1) is 0 Å². The Hall–Kier alpha value is -1.49. The summed E-state index contributed by atoms with van der Waals surface area (Å²) < 4.78 is 28.1. The van der Waals surface area contributed by atoms with E-state index in [1.807, 2.05) is 4.90 Å². The summed E-state index contributed by atoms with van der Waals surface area (Å²) in [5.74, 6) is 0.932. The van der Waals surface area contributed by atoms with Gasteiger partial charge >= 0.3 is 0 Å². The number of fused-ring (bicyclic) bond motifs is 1. The van der Waals surface area contributed by atoms with Gasteiger partial charge in [-0.25, -0.2) is 4.98 Å². The standard InChI is InChI=1S/C12H17ClN6O3S/c1-22-9-10(13)14-6-19-11(9)16-12(17-19)15-8-2-4-18(5-3-8)7-23(20)21/h6,8H,2-5,7H2,1H3,(H,15,17)(H,20,21)/p-1. The van der Waals surface area contributed by atoms with Gasteiger partial charge in [0.05, 0.1) is 13.0 Å². The molecule has 3 rings (SSSR count). The zero-order chi connectivity index (χ0) is 16.4. The van der Waals surface area contributed by atoms with Gasteiger partial charge in [0.1, 0.15) is 6.33 Å². The number of nitrogens with zero attached hydrogens (tertiary/aromatic N) is 5. The molecule has 126 valence electrons. The number of hydrogen-bond acceptors (Lipinski definition) is 8. The number of piperidine rings is 1. The number of aromatic nitrogens is 4. The van der Waals surface area contributed by atoms with Crippen molar-refractivity contribution in [3.8, 4) is 5.75 Å². The van der Waals surface area contributed by atoms with E-state index in [2.05, 4.69) is 20.4 Å². The Morgan fingerprint density at radius 3 is 2.91 bits per heavy atom. The second-order valence-electron chi connectivity index (χ2n) is 5.24. The lowest BCUT2D eigenvalue weighted by Gasteiger charge is -2.32. The first-order valence-corrected chi connectivity index (χ1v) is 8.68. The number of nitrogens with one attached hydrogen (secondary N) is 1. The van der Waals surface area contributed by atoms with Crippen LogP contribution in [0.2, 0.25) is 5.15 Å². The summed E-state index contributed by atoms with van der Waals surface area (Å²) in [4.78, 5) is 10.3. The molecule has 1 N–H and O–H groups in total. The minimum atomic E-state index is -2.03. The molecule has 1 aliphatic rings. The molecule has 0 aliphatic carbocycles. The van der Waals surface area contributed by atoms with Crippen molar-refractivity contribution in [3.05, 3.63) is 11.5 Å². The largest absolute Gasteiger partial charge is 0.771 e. The van der Waals surface area contributed by atoms with Crippen LogP contribution in [0.4, 0.5) is 5.95 Å². The van der Waals surface area contributed by atoms with Crippen molar-refractivity contribution in [1.29, 1.82) is 0 Å². The minimum absolute atomic E-state index is 0.0840. The third-order valence-electron chi connectivity index (χ3n) is 3.72. The van der Waals surface area contributed by atoms with Gasteiger partial charge in [-0.05, 0) is 23.9 Å². The average molecular weight is 360 g/mol. The van der Waals surface area contributed by atoms with Gasteiger partial charge in [0.25, 0.3) is 0 Å². The van der Waals surface area contributed by atoms with Crippen molar-refractivity contribution < 1.29 is 13.5 Å². The number of hydrogen-bond donors (Lipinski definition) is 1. The van der Waals surface area contributed by atoms with E-state index in [0.717, 1.165) is 25.9 Å². The lowest BCUT2D eigenvalue weighted by Crippen LogP contribution is -2.40. The smallest absolute Gasteiger partial charge is 0.243 e. The van der Waals surface area contributed by atoms with Crippen LogP contribution >= 0.6 is 11.6 Å². The molecule has 0 saturated carbocycles. The Bertz CT molecular complexity index is 718. The van der Waals surface area contributed by atoms with E-state index < -0.39 is 11.1 Å². The molecule has 1 saturated heterocycles. The van der Waals surface area contributed by atoms with Crippen molar-refractivity contribution >= 4 is 34.3 Å². The van der Waals surface area contributed by atoms with E-state index in [1.165, 1.54) is 18.0 Å². The summed E-state index contributed by atoms with van der Waals surface area (Å²) in [5, 5.41) is 7.80. The van der Waals surface area contributed by atoms with E-state index >= 15 is 0 Å². The Morgan fingerprint density at radius 1 is 1.52 bits per heavy atom. The summed E-state index contributed by atoms with van der Waals surface area (Å²) in [6, 6.07) is 0.193. The maximum Gasteiger partial charge on any atom is 0.243 e. The Balaban J connectivity index is 1.67. The maximum absolute atomic E-state index is 10.7. The van der Waals surface area contributed by atoms with Crippen LogP contribution < -0.4 is 10.1 Å². The summed E-state index contributed by atoms with van der Waals surface area (Å²) >= 11 is 3.93. The number of methoxy groups -OCH3 is 1. The fourth-order valence-electron chi connectivity index (χ4n) is 2.59. The monoisotopic (exact) mass is 359 g/mol. The van der Waals surface area contributed by atoms with Gasteiger partial charge in [0, 0.05) is 19.1 Å². The van der Waals surface area contributed by atoms with Crippen LogP contribution in [-0.4, -0.2) is 65.4 Å². The van der Waals surface area contributed by atoms with Gasteiger partial charge in [-0.1, -0.05) is 11.6 Å². The normalized spacial score (nSPS) is 18.2. The molecule has 0 spiro atoms. The number of rotatable bonds is 5. The summed E-state index contributed by atoms with van der Waals surface area (Å²) in [5.41, 5.74) is 0.495. The molecule has 0 amide bonds. The highest BCUT2D eigenvalue weighted by Crippen LogP contribution is 2.26. The second kappa shape index (κ2) is 6.95. The molecular weight excluding hydrogens is 344 g/mol. The first-order chi connectivity index (χ1) is 11.1. The summed E-state index contributed by atoms with van der Waals surface area (Å²) in [7, 11) is 1.50. The highest BCUT2D eigenvalue weighted by molar-refractivity contribution is 7.79. The number of anilines is 1. The van der Waals surface area contributed by atoms with Gasteiger partial charge in [-0.15, -0.1) is 5.10 Å². The van der Waals surface area contributed by atoms with Crippen molar-refractivity contribution in [2.75, 3.05) is 31.4 Å². The molecule has 1 aliphatic heterocycles. The third kappa shape index (κ3) is 3.71. The fraction of sp³-hybridized carbons (Fsp3) is 0.583.